The number of nitrogens with zero attached hydrogens (tertiary/aromatic N) is 1. The normalized spacial score (nSPS) is 13.0. The number of halogens is 1. The van der Waals surface area contributed by atoms with Crippen LogP contribution in [-0.2, 0) is 0 Å². The molecule has 17 heavy (non-hydrogen) atoms. The summed E-state index contributed by atoms with van der Waals surface area (Å²) in [4.78, 5) is 2.39. The van der Waals surface area contributed by atoms with Gasteiger partial charge in [0.05, 0.1) is 0 Å². The molecule has 1 atom stereocenters. The van der Waals surface area contributed by atoms with Gasteiger partial charge in [0.15, 0.2) is 0 Å². The smallest absolute Gasteiger partial charge is 0.0330 e. The van der Waals surface area contributed by atoms with Crippen molar-refractivity contribution in [1.29, 1.82) is 0 Å². The lowest BCUT2D eigenvalue weighted by molar-refractivity contribution is 0.311. The van der Waals surface area contributed by atoms with Gasteiger partial charge in [-0.05, 0) is 57.7 Å². The topological polar surface area (TPSA) is 15.3 Å². The van der Waals surface area contributed by atoms with Crippen LogP contribution in [0.5, 0.6) is 0 Å². The first kappa shape index (κ1) is 14.7. The molecule has 0 bridgehead atoms. The van der Waals surface area contributed by atoms with Gasteiger partial charge in [-0.15, -0.1) is 0 Å². The maximum atomic E-state index is 3.53. The van der Waals surface area contributed by atoms with E-state index in [4.69, 9.17) is 0 Å². The Labute approximate surface area is 114 Å². The van der Waals surface area contributed by atoms with Gasteiger partial charge in [0.2, 0.25) is 0 Å². The summed E-state index contributed by atoms with van der Waals surface area (Å²) in [6.45, 7) is 4.53. The summed E-state index contributed by atoms with van der Waals surface area (Å²) >= 11 is 3.53. The molecule has 0 spiro atoms. The van der Waals surface area contributed by atoms with Crippen molar-refractivity contribution >= 4 is 15.9 Å². The van der Waals surface area contributed by atoms with Crippen LogP contribution in [-0.4, -0.2) is 32.1 Å². The van der Waals surface area contributed by atoms with E-state index in [-0.39, 0.29) is 0 Å². The fourth-order valence-corrected chi connectivity index (χ4v) is 2.46. The van der Waals surface area contributed by atoms with Gasteiger partial charge < -0.3 is 10.2 Å². The van der Waals surface area contributed by atoms with Crippen LogP contribution in [0.3, 0.4) is 0 Å². The number of rotatable bonds is 7. The highest BCUT2D eigenvalue weighted by Crippen LogP contribution is 2.20. The van der Waals surface area contributed by atoms with Crippen LogP contribution in [0, 0.1) is 0 Å². The van der Waals surface area contributed by atoms with E-state index in [2.05, 4.69) is 64.4 Å². The van der Waals surface area contributed by atoms with Gasteiger partial charge in [0, 0.05) is 10.5 Å². The Morgan fingerprint density at radius 1 is 1.35 bits per heavy atom. The molecule has 0 fully saturated rings. The van der Waals surface area contributed by atoms with Crippen LogP contribution >= 0.6 is 15.9 Å². The lowest BCUT2D eigenvalue weighted by Gasteiger charge is -2.21. The molecule has 0 saturated carbocycles. The summed E-state index contributed by atoms with van der Waals surface area (Å²) < 4.78 is 1.15. The first-order valence-corrected chi connectivity index (χ1v) is 7.08. The summed E-state index contributed by atoms with van der Waals surface area (Å²) in [6.07, 6.45) is 2.36. The van der Waals surface area contributed by atoms with Crippen LogP contribution in [0.25, 0.3) is 0 Å². The zero-order valence-corrected chi connectivity index (χ0v) is 12.6. The Morgan fingerprint density at radius 2 is 2.12 bits per heavy atom. The van der Waals surface area contributed by atoms with Crippen LogP contribution in [0.15, 0.2) is 28.7 Å². The van der Waals surface area contributed by atoms with Crippen molar-refractivity contribution in [3.8, 4) is 0 Å². The van der Waals surface area contributed by atoms with E-state index < -0.39 is 0 Å². The lowest BCUT2D eigenvalue weighted by atomic mass is 10.0. The summed E-state index contributed by atoms with van der Waals surface area (Å²) in [5.41, 5.74) is 1.35. The Hall–Kier alpha value is -0.380. The van der Waals surface area contributed by atoms with Crippen LogP contribution in [0.2, 0.25) is 0 Å². The number of hydrogen-bond donors (Lipinski definition) is 1. The molecule has 0 amide bonds. The average Bonchev–Trinajstić information content (AvgIpc) is 2.30. The molecule has 0 radical (unpaired) electrons. The summed E-state index contributed by atoms with van der Waals surface area (Å²) in [5.74, 6) is 0. The first-order chi connectivity index (χ1) is 8.17. The van der Waals surface area contributed by atoms with Gasteiger partial charge in [-0.25, -0.2) is 0 Å². The molecular formula is C14H23BrN2. The zero-order chi connectivity index (χ0) is 12.7. The van der Waals surface area contributed by atoms with Gasteiger partial charge in [-0.1, -0.05) is 35.0 Å². The van der Waals surface area contributed by atoms with Crippen LogP contribution < -0.4 is 5.32 Å². The van der Waals surface area contributed by atoms with Crippen molar-refractivity contribution in [2.24, 2.45) is 0 Å². The van der Waals surface area contributed by atoms with Crippen molar-refractivity contribution in [3.63, 3.8) is 0 Å². The molecule has 1 aromatic rings. The summed E-state index contributed by atoms with van der Waals surface area (Å²) in [6, 6.07) is 8.98. The van der Waals surface area contributed by atoms with E-state index in [9.17, 15) is 0 Å². The van der Waals surface area contributed by atoms with Crippen molar-refractivity contribution in [1.82, 2.24) is 10.2 Å². The second-order valence-corrected chi connectivity index (χ2v) is 5.40. The molecule has 0 aromatic heterocycles. The zero-order valence-electron chi connectivity index (χ0n) is 11.0. The minimum Gasteiger partial charge on any atom is -0.313 e. The van der Waals surface area contributed by atoms with Gasteiger partial charge >= 0.3 is 0 Å². The van der Waals surface area contributed by atoms with E-state index in [0.29, 0.717) is 6.04 Å². The minimum atomic E-state index is 0.437. The maximum absolute atomic E-state index is 3.53. The Bertz CT molecular complexity index is 328. The molecular weight excluding hydrogens is 276 g/mol. The molecule has 0 aliphatic heterocycles. The number of hydrogen-bond acceptors (Lipinski definition) is 2. The van der Waals surface area contributed by atoms with Gasteiger partial charge in [0.1, 0.15) is 0 Å². The quantitative estimate of drug-likeness (QED) is 0.829. The van der Waals surface area contributed by atoms with Crippen molar-refractivity contribution in [3.05, 3.63) is 34.3 Å². The molecule has 1 unspecified atom stereocenters. The van der Waals surface area contributed by atoms with E-state index in [0.717, 1.165) is 17.4 Å². The molecule has 0 aliphatic rings. The molecule has 96 valence electrons. The second kappa shape index (κ2) is 7.85. The highest BCUT2D eigenvalue weighted by molar-refractivity contribution is 9.10. The Morgan fingerprint density at radius 3 is 2.71 bits per heavy atom. The molecule has 1 aromatic carbocycles. The second-order valence-electron chi connectivity index (χ2n) is 4.49. The lowest BCUT2D eigenvalue weighted by Crippen LogP contribution is -2.26. The molecule has 0 heterocycles. The molecule has 1 rings (SSSR count). The molecule has 2 nitrogen and oxygen atoms in total. The van der Waals surface area contributed by atoms with Gasteiger partial charge in [-0.2, -0.15) is 0 Å². The van der Waals surface area contributed by atoms with Crippen LogP contribution in [0.1, 0.15) is 31.4 Å². The fourth-order valence-electron chi connectivity index (χ4n) is 2.04. The summed E-state index contributed by atoms with van der Waals surface area (Å²) in [7, 11) is 4.22. The average molecular weight is 299 g/mol. The predicted octanol–water partition coefficient (Wildman–Crippen LogP) is 3.44. The largest absolute Gasteiger partial charge is 0.313 e. The number of nitrogens with one attached hydrogen (secondary N) is 1. The van der Waals surface area contributed by atoms with Crippen molar-refractivity contribution in [2.75, 3.05) is 27.2 Å². The monoisotopic (exact) mass is 298 g/mol. The van der Waals surface area contributed by atoms with Crippen molar-refractivity contribution in [2.45, 2.75) is 25.8 Å². The van der Waals surface area contributed by atoms with E-state index in [1.165, 1.54) is 18.5 Å². The highest BCUT2D eigenvalue weighted by atomic mass is 79.9. The Balaban J connectivity index is 2.54. The van der Waals surface area contributed by atoms with Crippen molar-refractivity contribution < 1.29 is 0 Å². The third-order valence-electron chi connectivity index (χ3n) is 3.00. The number of benzene rings is 1. The summed E-state index contributed by atoms with van der Waals surface area (Å²) in [5, 5.41) is 3.40. The van der Waals surface area contributed by atoms with E-state index >= 15 is 0 Å². The fraction of sp³-hybridized carbons (Fsp3) is 0.571. The third kappa shape index (κ3) is 5.19. The van der Waals surface area contributed by atoms with Crippen LogP contribution in [0.4, 0.5) is 0 Å². The van der Waals surface area contributed by atoms with Gasteiger partial charge in [-0.3, -0.25) is 0 Å². The molecule has 0 aliphatic carbocycles. The first-order valence-electron chi connectivity index (χ1n) is 6.28. The maximum Gasteiger partial charge on any atom is 0.0330 e. The predicted molar refractivity (Wildman–Crippen MR) is 78.3 cm³/mol. The standard InChI is InChI=1S/C14H23BrN2/c1-4-9-17(3)10-8-14(16-2)12-6-5-7-13(15)11-12/h5-7,11,14,16H,4,8-10H2,1-3H3. The van der Waals surface area contributed by atoms with E-state index in [1.807, 2.05) is 7.05 Å². The third-order valence-corrected chi connectivity index (χ3v) is 3.50. The molecule has 3 heteroatoms. The minimum absolute atomic E-state index is 0.437. The molecule has 0 saturated heterocycles. The Kier molecular flexibility index (Phi) is 6.78. The van der Waals surface area contributed by atoms with E-state index in [1.54, 1.807) is 0 Å². The molecule has 1 N–H and O–H groups in total. The SMILES string of the molecule is CCCN(C)CCC(NC)c1cccc(Br)c1. The van der Waals surface area contributed by atoms with Gasteiger partial charge in [0.25, 0.3) is 0 Å². The highest BCUT2D eigenvalue weighted by Gasteiger charge is 2.10.